The van der Waals surface area contributed by atoms with Crippen molar-refractivity contribution in [1.29, 1.82) is 0 Å². The normalized spacial score (nSPS) is 21.9. The van der Waals surface area contributed by atoms with E-state index in [0.29, 0.717) is 13.2 Å². The van der Waals surface area contributed by atoms with E-state index in [1.54, 1.807) is 0 Å². The molecule has 0 radical (unpaired) electrons. The van der Waals surface area contributed by atoms with Gasteiger partial charge in [-0.05, 0) is 37.0 Å². The topological polar surface area (TPSA) is 87.0 Å². The smallest absolute Gasteiger partial charge is 0.323 e. The number of hydrogen-bond acceptors (Lipinski definition) is 3. The molecule has 0 aliphatic carbocycles. The standard InChI is InChI=1S/C16H21N3O3/c1-2-12-8-11(5-6-22-12)15(20)17-9-10-3-4-13-14(7-10)19-16(21)18-13/h3-4,7,11-12H,2,5-6,8-9H2,1H3,(H,17,20)(H2,18,19,21)/t11-,12-/m1/s1. The van der Waals surface area contributed by atoms with Gasteiger partial charge in [-0.2, -0.15) is 0 Å². The average molecular weight is 303 g/mol. The Morgan fingerprint density at radius 2 is 2.18 bits per heavy atom. The second kappa shape index (κ2) is 6.36. The molecule has 1 amide bonds. The van der Waals surface area contributed by atoms with Crippen LogP contribution >= 0.6 is 0 Å². The number of carbonyl (C=O) groups excluding carboxylic acids is 1. The van der Waals surface area contributed by atoms with Gasteiger partial charge in [-0.1, -0.05) is 13.0 Å². The van der Waals surface area contributed by atoms with E-state index < -0.39 is 0 Å². The van der Waals surface area contributed by atoms with Crippen LogP contribution in [-0.4, -0.2) is 28.6 Å². The molecule has 22 heavy (non-hydrogen) atoms. The average Bonchev–Trinajstić information content (AvgIpc) is 2.91. The van der Waals surface area contributed by atoms with Gasteiger partial charge < -0.3 is 20.0 Å². The molecule has 1 saturated heterocycles. The van der Waals surface area contributed by atoms with E-state index in [9.17, 15) is 9.59 Å². The largest absolute Gasteiger partial charge is 0.378 e. The Labute approximate surface area is 128 Å². The molecule has 1 fully saturated rings. The van der Waals surface area contributed by atoms with Gasteiger partial charge in [0.25, 0.3) is 0 Å². The number of carbonyl (C=O) groups is 1. The van der Waals surface area contributed by atoms with E-state index in [4.69, 9.17) is 4.74 Å². The summed E-state index contributed by atoms with van der Waals surface area (Å²) >= 11 is 0. The van der Waals surface area contributed by atoms with Gasteiger partial charge in [0, 0.05) is 19.1 Å². The van der Waals surface area contributed by atoms with Crippen LogP contribution in [0.1, 0.15) is 31.7 Å². The molecule has 6 heteroatoms. The Hall–Kier alpha value is -2.08. The number of aromatic nitrogens is 2. The number of nitrogens with one attached hydrogen (secondary N) is 3. The van der Waals surface area contributed by atoms with Crippen LogP contribution in [0.25, 0.3) is 11.0 Å². The van der Waals surface area contributed by atoms with Crippen LogP contribution in [0, 0.1) is 5.92 Å². The molecule has 0 spiro atoms. The second-order valence-electron chi connectivity index (χ2n) is 5.80. The Balaban J connectivity index is 1.60. The lowest BCUT2D eigenvalue weighted by Crippen LogP contribution is -2.36. The minimum absolute atomic E-state index is 0.0366. The third-order valence-corrected chi connectivity index (χ3v) is 4.24. The molecule has 2 heterocycles. The monoisotopic (exact) mass is 303 g/mol. The Morgan fingerprint density at radius 3 is 3.00 bits per heavy atom. The van der Waals surface area contributed by atoms with Crippen molar-refractivity contribution in [2.45, 2.75) is 38.8 Å². The van der Waals surface area contributed by atoms with Crippen molar-refractivity contribution in [3.05, 3.63) is 34.2 Å². The van der Waals surface area contributed by atoms with Gasteiger partial charge in [0.1, 0.15) is 0 Å². The quantitative estimate of drug-likeness (QED) is 0.803. The molecule has 6 nitrogen and oxygen atoms in total. The number of H-pyrrole nitrogens is 2. The number of ether oxygens (including phenoxy) is 1. The predicted octanol–water partition coefficient (Wildman–Crippen LogP) is 1.68. The number of aromatic amines is 2. The molecule has 3 N–H and O–H groups in total. The second-order valence-corrected chi connectivity index (χ2v) is 5.80. The zero-order valence-corrected chi connectivity index (χ0v) is 12.6. The summed E-state index contributed by atoms with van der Waals surface area (Å²) in [5.74, 6) is 0.124. The Bertz CT molecular complexity index is 719. The first-order chi connectivity index (χ1) is 10.7. The lowest BCUT2D eigenvalue weighted by atomic mass is 9.93. The fourth-order valence-electron chi connectivity index (χ4n) is 2.93. The summed E-state index contributed by atoms with van der Waals surface area (Å²) in [6, 6.07) is 5.63. The van der Waals surface area contributed by atoms with Crippen molar-refractivity contribution in [2.75, 3.05) is 6.61 Å². The molecular weight excluding hydrogens is 282 g/mol. The van der Waals surface area contributed by atoms with Gasteiger partial charge in [-0.15, -0.1) is 0 Å². The van der Waals surface area contributed by atoms with E-state index in [2.05, 4.69) is 22.2 Å². The lowest BCUT2D eigenvalue weighted by molar-refractivity contribution is -0.130. The van der Waals surface area contributed by atoms with Gasteiger partial charge >= 0.3 is 5.69 Å². The zero-order chi connectivity index (χ0) is 15.5. The molecule has 2 atom stereocenters. The van der Waals surface area contributed by atoms with Crippen molar-refractivity contribution < 1.29 is 9.53 Å². The molecule has 0 unspecified atom stereocenters. The fraction of sp³-hybridized carbons (Fsp3) is 0.500. The first kappa shape index (κ1) is 14.8. The van der Waals surface area contributed by atoms with Gasteiger partial charge in [0.05, 0.1) is 17.1 Å². The first-order valence-electron chi connectivity index (χ1n) is 7.76. The third-order valence-electron chi connectivity index (χ3n) is 4.24. The van der Waals surface area contributed by atoms with Gasteiger partial charge in [-0.3, -0.25) is 4.79 Å². The SMILES string of the molecule is CC[C@@H]1C[C@H](C(=O)NCc2ccc3[nH]c(=O)[nH]c3c2)CCO1. The van der Waals surface area contributed by atoms with Crippen LogP contribution in [-0.2, 0) is 16.1 Å². The number of amides is 1. The minimum atomic E-state index is -0.219. The van der Waals surface area contributed by atoms with Crippen LogP contribution in [0.4, 0.5) is 0 Å². The molecule has 0 saturated carbocycles. The van der Waals surface area contributed by atoms with Crippen LogP contribution in [0.2, 0.25) is 0 Å². The summed E-state index contributed by atoms with van der Waals surface area (Å²) in [7, 11) is 0. The summed E-state index contributed by atoms with van der Waals surface area (Å²) in [5, 5.41) is 2.99. The fourth-order valence-corrected chi connectivity index (χ4v) is 2.93. The summed E-state index contributed by atoms with van der Waals surface area (Å²) in [5.41, 5.74) is 2.28. The molecule has 3 rings (SSSR count). The third kappa shape index (κ3) is 3.22. The Kier molecular flexibility index (Phi) is 4.29. The first-order valence-corrected chi connectivity index (χ1v) is 7.76. The highest BCUT2D eigenvalue weighted by Crippen LogP contribution is 2.22. The van der Waals surface area contributed by atoms with E-state index in [1.807, 2.05) is 18.2 Å². The molecule has 1 aliphatic heterocycles. The van der Waals surface area contributed by atoms with Crippen molar-refractivity contribution in [2.24, 2.45) is 5.92 Å². The number of hydrogen-bond donors (Lipinski definition) is 3. The van der Waals surface area contributed by atoms with Crippen LogP contribution in [0.15, 0.2) is 23.0 Å². The highest BCUT2D eigenvalue weighted by molar-refractivity contribution is 5.79. The number of fused-ring (bicyclic) bond motifs is 1. The molecule has 1 aliphatic rings. The van der Waals surface area contributed by atoms with Crippen LogP contribution < -0.4 is 11.0 Å². The molecule has 1 aromatic carbocycles. The number of benzene rings is 1. The summed E-state index contributed by atoms with van der Waals surface area (Å²) in [6.07, 6.45) is 2.73. The molecule has 1 aromatic heterocycles. The van der Waals surface area contributed by atoms with E-state index in [0.717, 1.165) is 35.9 Å². The maximum atomic E-state index is 12.3. The van der Waals surface area contributed by atoms with Crippen LogP contribution in [0.3, 0.4) is 0 Å². The predicted molar refractivity (Wildman–Crippen MR) is 83.5 cm³/mol. The van der Waals surface area contributed by atoms with E-state index >= 15 is 0 Å². The Morgan fingerprint density at radius 1 is 1.36 bits per heavy atom. The maximum absolute atomic E-state index is 12.3. The minimum Gasteiger partial charge on any atom is -0.378 e. The summed E-state index contributed by atoms with van der Waals surface area (Å²) in [6.45, 7) is 3.21. The van der Waals surface area contributed by atoms with Crippen molar-refractivity contribution in [3.63, 3.8) is 0 Å². The van der Waals surface area contributed by atoms with Crippen molar-refractivity contribution in [3.8, 4) is 0 Å². The van der Waals surface area contributed by atoms with Gasteiger partial charge in [0.2, 0.25) is 5.91 Å². The number of imidazole rings is 1. The summed E-state index contributed by atoms with van der Waals surface area (Å²) in [4.78, 5) is 28.9. The maximum Gasteiger partial charge on any atom is 0.323 e. The molecular formula is C16H21N3O3. The summed E-state index contributed by atoms with van der Waals surface area (Å²) < 4.78 is 5.60. The highest BCUT2D eigenvalue weighted by Gasteiger charge is 2.26. The molecule has 118 valence electrons. The van der Waals surface area contributed by atoms with Crippen molar-refractivity contribution >= 4 is 16.9 Å². The van der Waals surface area contributed by atoms with E-state index in [-0.39, 0.29) is 23.6 Å². The van der Waals surface area contributed by atoms with Gasteiger partial charge in [-0.25, -0.2) is 4.79 Å². The highest BCUT2D eigenvalue weighted by atomic mass is 16.5. The lowest BCUT2D eigenvalue weighted by Gasteiger charge is -2.28. The zero-order valence-electron chi connectivity index (χ0n) is 12.6. The molecule has 2 aromatic rings. The van der Waals surface area contributed by atoms with Crippen molar-refractivity contribution in [1.82, 2.24) is 15.3 Å². The van der Waals surface area contributed by atoms with Crippen LogP contribution in [0.5, 0.6) is 0 Å². The molecule has 0 bridgehead atoms. The van der Waals surface area contributed by atoms with Gasteiger partial charge in [0.15, 0.2) is 0 Å². The van der Waals surface area contributed by atoms with E-state index in [1.165, 1.54) is 0 Å². The number of rotatable bonds is 4.